The number of rotatable bonds is 17. The van der Waals surface area contributed by atoms with Crippen LogP contribution in [0, 0.1) is 41.4 Å². The molecule has 1 saturated heterocycles. The van der Waals surface area contributed by atoms with Gasteiger partial charge in [-0.15, -0.1) is 0 Å². The number of carbonyl (C=O) groups is 12. The van der Waals surface area contributed by atoms with Crippen molar-refractivity contribution in [2.75, 3.05) is 55.9 Å². The van der Waals surface area contributed by atoms with Crippen molar-refractivity contribution in [1.29, 1.82) is 0 Å². The first-order valence-corrected chi connectivity index (χ1v) is 35.3. The zero-order valence-corrected chi connectivity index (χ0v) is 64.6. The molecule has 2 aromatic rings. The highest BCUT2D eigenvalue weighted by Crippen LogP contribution is 2.27. The molecular formula is C73H121N13O14. The number of esters is 1. The number of aliphatic hydroxyl groups excluding tert-OH is 1. The maximum atomic E-state index is 15.5. The number of fused-ring (bicyclic) bond motifs is 1. The number of amides is 11. The maximum absolute atomic E-state index is 15.5. The average molecular weight is 1400 g/mol. The fourth-order valence-corrected chi connectivity index (χ4v) is 12.4. The highest BCUT2D eigenvalue weighted by Gasteiger charge is 2.46. The molecule has 12 atom stereocenters. The molecule has 100 heavy (non-hydrogen) atoms. The number of imidazole rings is 1. The number of H-pyrrole nitrogens is 1. The Morgan fingerprint density at radius 2 is 1.03 bits per heavy atom. The van der Waals surface area contributed by atoms with Gasteiger partial charge in [0.15, 0.2) is 0 Å². The molecular weight excluding hydrogens is 1280 g/mol. The number of nitrogens with zero attached hydrogens (tertiary/aromatic N) is 8. The van der Waals surface area contributed by atoms with Crippen LogP contribution in [-0.4, -0.2) is 248 Å². The van der Waals surface area contributed by atoms with E-state index in [4.69, 9.17) is 9.72 Å². The molecule has 0 spiro atoms. The van der Waals surface area contributed by atoms with Gasteiger partial charge in [-0.3, -0.25) is 52.7 Å². The predicted octanol–water partition coefficient (Wildman–Crippen LogP) is 4.78. The van der Waals surface area contributed by atoms with E-state index in [1.165, 1.54) is 93.8 Å². The smallest absolute Gasteiger partial charge is 0.331 e. The van der Waals surface area contributed by atoms with Crippen molar-refractivity contribution >= 4 is 88.1 Å². The van der Waals surface area contributed by atoms with Gasteiger partial charge in [-0.05, 0) is 132 Å². The molecule has 1 aromatic carbocycles. The number of nitrogens with one attached hydrogen (secondary N) is 5. The van der Waals surface area contributed by atoms with Crippen molar-refractivity contribution in [2.24, 2.45) is 41.4 Å². The fraction of sp³-hybridized carbons (Fsp3) is 0.712. The number of aromatic nitrogens is 2. The van der Waals surface area contributed by atoms with Gasteiger partial charge in [0.1, 0.15) is 71.8 Å². The Bertz CT molecular complexity index is 3230. The molecule has 1 aromatic heterocycles. The molecule has 1 aliphatic rings. The summed E-state index contributed by atoms with van der Waals surface area (Å²) in [5.74, 6) is -10.7. The summed E-state index contributed by atoms with van der Waals surface area (Å²) in [6.45, 7) is 32.6. The number of aromatic amines is 1. The lowest BCUT2D eigenvalue weighted by molar-refractivity contribution is -0.157. The largest absolute Gasteiger partial charge is 0.457 e. The molecule has 12 unspecified atom stereocenters. The number of hydrogen-bond donors (Lipinski definition) is 6. The standard InChI is InChI=1S/C73H121N13O14/c1-27-49-68(95)80(20)38-57(87)81(21)52(32-39(2)3)65(92)79-59(43(10)11)71(98)82(22)53(33-40(4)5)64(91)74-46(15)63(90)75-47(16)67(94)83(23)54(34-41(6)7)69(96)84(24)55(35-42(8)9)70(97)85(25)60(44(12)13)72(99)86(26)61(66(93)78-49)62(89)45(14)36-56-76-50-30-28-48(37-51(50)77-56)29-31-58(88)100-73(17,18)19/h28-31,37,39-47,49,52-55,59-62,89H,27,32-36,38H2,1-26H3,(H,74,91)(H,75,90)(H,76,77)(H,78,93)(H,79,92)/b31-29+. The molecule has 0 saturated carbocycles. The molecule has 0 aliphatic carbocycles. The maximum Gasteiger partial charge on any atom is 0.331 e. The summed E-state index contributed by atoms with van der Waals surface area (Å²) in [4.78, 5) is 191. The van der Waals surface area contributed by atoms with Crippen LogP contribution < -0.4 is 21.3 Å². The second kappa shape index (κ2) is 37.6. The summed E-state index contributed by atoms with van der Waals surface area (Å²) in [7, 11) is 9.80. The summed E-state index contributed by atoms with van der Waals surface area (Å²) in [6.07, 6.45) is 1.71. The molecule has 0 bridgehead atoms. The number of ether oxygens (including phenoxy) is 1. The lowest BCUT2D eigenvalue weighted by atomic mass is 9.91. The van der Waals surface area contributed by atoms with Crippen LogP contribution in [0.1, 0.15) is 175 Å². The van der Waals surface area contributed by atoms with Gasteiger partial charge in [0.2, 0.25) is 65.0 Å². The van der Waals surface area contributed by atoms with Gasteiger partial charge in [0.05, 0.1) is 23.7 Å². The monoisotopic (exact) mass is 1400 g/mol. The van der Waals surface area contributed by atoms with Crippen LogP contribution >= 0.6 is 0 Å². The third kappa shape index (κ3) is 23.8. The lowest BCUT2D eigenvalue weighted by Gasteiger charge is -2.41. The third-order valence-corrected chi connectivity index (χ3v) is 18.2. The van der Waals surface area contributed by atoms with Crippen molar-refractivity contribution in [3.05, 3.63) is 35.7 Å². The quantitative estimate of drug-likeness (QED) is 0.0917. The van der Waals surface area contributed by atoms with Crippen LogP contribution in [0.3, 0.4) is 0 Å². The van der Waals surface area contributed by atoms with E-state index in [2.05, 4.69) is 26.3 Å². The number of carbonyl (C=O) groups excluding carboxylic acids is 12. The molecule has 27 nitrogen and oxygen atoms in total. The average Bonchev–Trinajstić information content (AvgIpc) is 0.873. The third-order valence-electron chi connectivity index (χ3n) is 18.2. The van der Waals surface area contributed by atoms with E-state index in [1.54, 1.807) is 86.6 Å². The SMILES string of the molecule is CCC1NC(=O)C(C(O)C(C)Cc2nc3ccc(/C=C/C(=O)OC(C)(C)C)cc3[nH]2)N(C)C(=O)C(C(C)C)N(C)C(=O)C(CC(C)C)N(C)C(=O)C(CC(C)C)N(C)C(=O)C(C)NC(=O)C(C)NC(=O)C(CC(C)C)N(C)C(=O)C(C(C)C)NC(=O)C(CC(C)C)N(C)C(=O)CN(C)C1=O. The Morgan fingerprint density at radius 3 is 1.53 bits per heavy atom. The molecule has 27 heteroatoms. The van der Waals surface area contributed by atoms with Crippen molar-refractivity contribution < 1.29 is 67.4 Å². The van der Waals surface area contributed by atoms with E-state index in [0.717, 1.165) is 9.80 Å². The zero-order chi connectivity index (χ0) is 76.6. The zero-order valence-electron chi connectivity index (χ0n) is 64.6. The minimum Gasteiger partial charge on any atom is -0.457 e. The number of likely N-dealkylation sites (N-methyl/N-ethyl adjacent to an activating group) is 7. The van der Waals surface area contributed by atoms with Crippen LogP contribution in [0.4, 0.5) is 0 Å². The van der Waals surface area contributed by atoms with E-state index < -0.39 is 167 Å². The highest BCUT2D eigenvalue weighted by molar-refractivity contribution is 6.00. The number of aliphatic hydroxyl groups is 1. The van der Waals surface area contributed by atoms with E-state index in [0.29, 0.717) is 22.4 Å². The molecule has 0 radical (unpaired) electrons. The normalized spacial score (nSPS) is 24.8. The minimum absolute atomic E-state index is 0.0202. The van der Waals surface area contributed by atoms with Crippen molar-refractivity contribution in [3.63, 3.8) is 0 Å². The molecule has 562 valence electrons. The summed E-state index contributed by atoms with van der Waals surface area (Å²) < 4.78 is 5.42. The predicted molar refractivity (Wildman–Crippen MR) is 384 cm³/mol. The lowest BCUT2D eigenvalue weighted by Crippen LogP contribution is -2.63. The minimum atomic E-state index is -1.76. The molecule has 6 N–H and O–H groups in total. The van der Waals surface area contributed by atoms with Gasteiger partial charge in [0, 0.05) is 61.8 Å². The van der Waals surface area contributed by atoms with Gasteiger partial charge in [-0.25, -0.2) is 9.78 Å². The number of hydrogen-bond acceptors (Lipinski definition) is 15. The van der Waals surface area contributed by atoms with Gasteiger partial charge in [0.25, 0.3) is 0 Å². The Labute approximate surface area is 593 Å². The molecule has 1 fully saturated rings. The van der Waals surface area contributed by atoms with E-state index >= 15 is 19.2 Å². The van der Waals surface area contributed by atoms with Crippen LogP contribution in [0.5, 0.6) is 0 Å². The Balaban J connectivity index is 2.33. The Hall–Kier alpha value is -7.97. The second-order valence-corrected chi connectivity index (χ2v) is 30.8. The molecule has 1 aliphatic heterocycles. The highest BCUT2D eigenvalue weighted by atomic mass is 16.6. The summed E-state index contributed by atoms with van der Waals surface area (Å²) in [6, 6.07) is -7.60. The van der Waals surface area contributed by atoms with Crippen LogP contribution in [-0.2, 0) is 68.7 Å². The topological polar surface area (TPSA) is 334 Å². The van der Waals surface area contributed by atoms with Gasteiger partial charge < -0.3 is 70.4 Å². The van der Waals surface area contributed by atoms with Crippen LogP contribution in [0.15, 0.2) is 24.3 Å². The van der Waals surface area contributed by atoms with Crippen LogP contribution in [0.2, 0.25) is 0 Å². The van der Waals surface area contributed by atoms with Gasteiger partial charge in [-0.1, -0.05) is 103 Å². The van der Waals surface area contributed by atoms with Crippen LogP contribution in [0.25, 0.3) is 17.1 Å². The van der Waals surface area contributed by atoms with Gasteiger partial charge in [-0.2, -0.15) is 0 Å². The Kier molecular flexibility index (Phi) is 32.5. The molecule has 11 amide bonds. The summed E-state index contributed by atoms with van der Waals surface area (Å²) in [5, 5.41) is 23.7. The Morgan fingerprint density at radius 1 is 0.560 bits per heavy atom. The fourth-order valence-electron chi connectivity index (χ4n) is 12.4. The van der Waals surface area contributed by atoms with Gasteiger partial charge >= 0.3 is 5.97 Å². The summed E-state index contributed by atoms with van der Waals surface area (Å²) >= 11 is 0. The second-order valence-electron chi connectivity index (χ2n) is 30.8. The van der Waals surface area contributed by atoms with Crippen molar-refractivity contribution in [2.45, 2.75) is 242 Å². The summed E-state index contributed by atoms with van der Waals surface area (Å²) in [5.41, 5.74) is 1.11. The first-order chi connectivity index (χ1) is 46.2. The molecule has 3 rings (SSSR count). The number of benzene rings is 1. The van der Waals surface area contributed by atoms with Crippen molar-refractivity contribution in [3.8, 4) is 0 Å². The van der Waals surface area contributed by atoms with Crippen molar-refractivity contribution in [1.82, 2.24) is 65.5 Å². The molecule has 2 heterocycles. The van der Waals surface area contributed by atoms with E-state index in [1.807, 2.05) is 55.4 Å². The van der Waals surface area contributed by atoms with E-state index in [9.17, 15) is 43.5 Å². The first-order valence-electron chi connectivity index (χ1n) is 35.3. The van der Waals surface area contributed by atoms with E-state index in [-0.39, 0.29) is 62.2 Å². The first kappa shape index (κ1) is 86.3.